The Labute approximate surface area is 126 Å². The molecular formula is C15H23Cl2NO. The summed E-state index contributed by atoms with van der Waals surface area (Å²) in [6, 6.07) is 5.31. The van der Waals surface area contributed by atoms with E-state index in [1.165, 1.54) is 25.7 Å². The molecule has 19 heavy (non-hydrogen) atoms. The molecule has 0 spiro atoms. The highest BCUT2D eigenvalue weighted by molar-refractivity contribution is 6.35. The molecule has 0 aliphatic carbocycles. The molecule has 2 nitrogen and oxygen atoms in total. The van der Waals surface area contributed by atoms with Gasteiger partial charge >= 0.3 is 0 Å². The Morgan fingerprint density at radius 3 is 2.58 bits per heavy atom. The summed E-state index contributed by atoms with van der Waals surface area (Å²) in [4.78, 5) is 0. The fraction of sp³-hybridized carbons (Fsp3) is 0.600. The van der Waals surface area contributed by atoms with Gasteiger partial charge in [-0.25, -0.2) is 0 Å². The first-order valence-corrected chi connectivity index (χ1v) is 7.78. The molecule has 0 aliphatic heterocycles. The summed E-state index contributed by atoms with van der Waals surface area (Å²) in [6.45, 7) is 5.15. The minimum absolute atomic E-state index is 0.578. The van der Waals surface area contributed by atoms with Gasteiger partial charge in [-0.3, -0.25) is 0 Å². The van der Waals surface area contributed by atoms with Crippen LogP contribution in [0.1, 0.15) is 39.0 Å². The fourth-order valence-corrected chi connectivity index (χ4v) is 2.19. The summed E-state index contributed by atoms with van der Waals surface area (Å²) in [5.74, 6) is 0.715. The Kier molecular flexibility index (Phi) is 9.06. The van der Waals surface area contributed by atoms with E-state index in [1.807, 2.05) is 6.07 Å². The van der Waals surface area contributed by atoms with Crippen LogP contribution in [0.25, 0.3) is 0 Å². The Bertz CT molecular complexity index is 358. The summed E-state index contributed by atoms with van der Waals surface area (Å²) >= 11 is 11.8. The van der Waals surface area contributed by atoms with Gasteiger partial charge in [0, 0.05) is 5.02 Å². The number of ether oxygens (including phenoxy) is 1. The SMILES string of the molecule is CCCCNCCCCCOc1ccc(Cl)cc1Cl. The lowest BCUT2D eigenvalue weighted by Gasteiger charge is -2.08. The van der Waals surface area contributed by atoms with Crippen molar-refractivity contribution < 1.29 is 4.74 Å². The van der Waals surface area contributed by atoms with E-state index in [-0.39, 0.29) is 0 Å². The molecule has 0 radical (unpaired) electrons. The summed E-state index contributed by atoms with van der Waals surface area (Å²) in [5, 5.41) is 4.65. The minimum atomic E-state index is 0.578. The predicted molar refractivity (Wildman–Crippen MR) is 83.6 cm³/mol. The van der Waals surface area contributed by atoms with Gasteiger partial charge in [0.2, 0.25) is 0 Å². The molecule has 1 N–H and O–H groups in total. The van der Waals surface area contributed by atoms with Crippen LogP contribution in [0.5, 0.6) is 5.75 Å². The van der Waals surface area contributed by atoms with Crippen LogP contribution in [0.15, 0.2) is 18.2 Å². The highest BCUT2D eigenvalue weighted by atomic mass is 35.5. The van der Waals surface area contributed by atoms with Crippen molar-refractivity contribution in [1.29, 1.82) is 0 Å². The third-order valence-corrected chi connectivity index (χ3v) is 3.39. The van der Waals surface area contributed by atoms with Crippen molar-refractivity contribution in [2.75, 3.05) is 19.7 Å². The van der Waals surface area contributed by atoms with Gasteiger partial charge < -0.3 is 10.1 Å². The van der Waals surface area contributed by atoms with Gasteiger partial charge in [-0.2, -0.15) is 0 Å². The first-order valence-electron chi connectivity index (χ1n) is 7.02. The number of hydrogen-bond donors (Lipinski definition) is 1. The van der Waals surface area contributed by atoms with Crippen molar-refractivity contribution in [3.63, 3.8) is 0 Å². The van der Waals surface area contributed by atoms with E-state index in [4.69, 9.17) is 27.9 Å². The molecule has 4 heteroatoms. The van der Waals surface area contributed by atoms with Gasteiger partial charge in [0.15, 0.2) is 0 Å². The van der Waals surface area contributed by atoms with E-state index in [2.05, 4.69) is 12.2 Å². The van der Waals surface area contributed by atoms with Crippen LogP contribution in [-0.2, 0) is 0 Å². The summed E-state index contributed by atoms with van der Waals surface area (Å²) in [5.41, 5.74) is 0. The monoisotopic (exact) mass is 303 g/mol. The number of nitrogens with one attached hydrogen (secondary N) is 1. The van der Waals surface area contributed by atoms with Crippen LogP contribution in [0.4, 0.5) is 0 Å². The van der Waals surface area contributed by atoms with Crippen LogP contribution in [0.2, 0.25) is 10.0 Å². The first-order chi connectivity index (χ1) is 9.24. The molecule has 0 aromatic heterocycles. The standard InChI is InChI=1S/C15H23Cl2NO/c1-2-3-9-18-10-5-4-6-11-19-15-8-7-13(16)12-14(15)17/h7-8,12,18H,2-6,9-11H2,1H3. The highest BCUT2D eigenvalue weighted by Crippen LogP contribution is 2.27. The van der Waals surface area contributed by atoms with E-state index < -0.39 is 0 Å². The van der Waals surface area contributed by atoms with Crippen molar-refractivity contribution >= 4 is 23.2 Å². The molecule has 1 aromatic carbocycles. The van der Waals surface area contributed by atoms with Crippen LogP contribution in [0.3, 0.4) is 0 Å². The average Bonchev–Trinajstić information content (AvgIpc) is 2.39. The van der Waals surface area contributed by atoms with E-state index in [0.29, 0.717) is 22.4 Å². The Morgan fingerprint density at radius 1 is 1.05 bits per heavy atom. The first kappa shape index (κ1) is 16.6. The predicted octanol–water partition coefficient (Wildman–Crippen LogP) is 4.93. The second kappa shape index (κ2) is 10.4. The molecule has 0 bridgehead atoms. The van der Waals surface area contributed by atoms with Crippen LogP contribution in [-0.4, -0.2) is 19.7 Å². The second-order valence-corrected chi connectivity index (χ2v) is 5.43. The van der Waals surface area contributed by atoms with Gasteiger partial charge in [-0.05, 0) is 57.0 Å². The molecule has 1 rings (SSSR count). The molecule has 0 unspecified atom stereocenters. The zero-order valence-corrected chi connectivity index (χ0v) is 13.1. The lowest BCUT2D eigenvalue weighted by atomic mass is 10.2. The maximum atomic E-state index is 6.02. The van der Waals surface area contributed by atoms with Gasteiger partial charge in [-0.15, -0.1) is 0 Å². The lowest BCUT2D eigenvalue weighted by molar-refractivity contribution is 0.305. The average molecular weight is 304 g/mol. The lowest BCUT2D eigenvalue weighted by Crippen LogP contribution is -2.16. The number of halogens is 2. The topological polar surface area (TPSA) is 21.3 Å². The van der Waals surface area contributed by atoms with Crippen molar-refractivity contribution in [3.8, 4) is 5.75 Å². The number of hydrogen-bond acceptors (Lipinski definition) is 2. The van der Waals surface area contributed by atoms with E-state index in [1.54, 1.807) is 12.1 Å². The number of benzene rings is 1. The summed E-state index contributed by atoms with van der Waals surface area (Å²) in [7, 11) is 0. The molecule has 0 atom stereocenters. The van der Waals surface area contributed by atoms with Crippen LogP contribution < -0.4 is 10.1 Å². The third-order valence-electron chi connectivity index (χ3n) is 2.86. The smallest absolute Gasteiger partial charge is 0.137 e. The van der Waals surface area contributed by atoms with Crippen molar-refractivity contribution in [2.24, 2.45) is 0 Å². The van der Waals surface area contributed by atoms with Crippen molar-refractivity contribution in [3.05, 3.63) is 28.2 Å². The fourth-order valence-electron chi connectivity index (χ4n) is 1.73. The Morgan fingerprint density at radius 2 is 1.84 bits per heavy atom. The molecule has 1 aromatic rings. The molecule has 0 amide bonds. The molecule has 0 heterocycles. The maximum absolute atomic E-state index is 6.02. The Hall–Kier alpha value is -0.440. The van der Waals surface area contributed by atoms with E-state index >= 15 is 0 Å². The number of rotatable bonds is 10. The molecule has 0 saturated carbocycles. The normalized spacial score (nSPS) is 10.7. The summed E-state index contributed by atoms with van der Waals surface area (Å²) in [6.07, 6.45) is 5.93. The summed E-state index contributed by atoms with van der Waals surface area (Å²) < 4.78 is 5.63. The largest absolute Gasteiger partial charge is 0.492 e. The number of unbranched alkanes of at least 4 members (excludes halogenated alkanes) is 3. The molecule has 108 valence electrons. The maximum Gasteiger partial charge on any atom is 0.137 e. The van der Waals surface area contributed by atoms with Crippen molar-refractivity contribution in [1.82, 2.24) is 5.32 Å². The zero-order chi connectivity index (χ0) is 13.9. The molecular weight excluding hydrogens is 281 g/mol. The van der Waals surface area contributed by atoms with E-state index in [0.717, 1.165) is 19.5 Å². The van der Waals surface area contributed by atoms with Gasteiger partial charge in [-0.1, -0.05) is 36.5 Å². The zero-order valence-electron chi connectivity index (χ0n) is 11.6. The highest BCUT2D eigenvalue weighted by Gasteiger charge is 2.01. The molecule has 0 saturated heterocycles. The molecule has 0 aliphatic rings. The molecule has 0 fully saturated rings. The van der Waals surface area contributed by atoms with Crippen LogP contribution in [0, 0.1) is 0 Å². The van der Waals surface area contributed by atoms with Crippen LogP contribution >= 0.6 is 23.2 Å². The van der Waals surface area contributed by atoms with Crippen molar-refractivity contribution in [2.45, 2.75) is 39.0 Å². The van der Waals surface area contributed by atoms with E-state index in [9.17, 15) is 0 Å². The Balaban J connectivity index is 2.01. The van der Waals surface area contributed by atoms with Gasteiger partial charge in [0.1, 0.15) is 5.75 Å². The van der Waals surface area contributed by atoms with Gasteiger partial charge in [0.25, 0.3) is 0 Å². The second-order valence-electron chi connectivity index (χ2n) is 4.59. The third kappa shape index (κ3) is 7.66. The van der Waals surface area contributed by atoms with Gasteiger partial charge in [0.05, 0.1) is 11.6 Å². The minimum Gasteiger partial charge on any atom is -0.492 e. The quantitative estimate of drug-likeness (QED) is 0.619.